The van der Waals surface area contributed by atoms with E-state index in [9.17, 15) is 14.9 Å². The molecule has 0 fully saturated rings. The Kier molecular flexibility index (Phi) is 3.60. The van der Waals surface area contributed by atoms with Gasteiger partial charge in [-0.25, -0.2) is 0 Å². The van der Waals surface area contributed by atoms with Crippen LogP contribution in [0.3, 0.4) is 0 Å². The zero-order valence-electron chi connectivity index (χ0n) is 9.39. The molecule has 0 aliphatic carbocycles. The molecule has 0 aliphatic rings. The van der Waals surface area contributed by atoms with Gasteiger partial charge in [0.15, 0.2) is 0 Å². The Morgan fingerprint density at radius 1 is 1.50 bits per heavy atom. The minimum absolute atomic E-state index is 0.0197. The van der Waals surface area contributed by atoms with Gasteiger partial charge in [-0.05, 0) is 25.5 Å². The first-order valence-corrected chi connectivity index (χ1v) is 4.84. The lowest BCUT2D eigenvalue weighted by Crippen LogP contribution is -2.07. The molecule has 0 spiro atoms. The lowest BCUT2D eigenvalue weighted by molar-refractivity contribution is -0.386. The van der Waals surface area contributed by atoms with Crippen LogP contribution in [0.1, 0.15) is 31.1 Å². The predicted octanol–water partition coefficient (Wildman–Crippen LogP) is 2.53. The van der Waals surface area contributed by atoms with Crippen LogP contribution in [0.25, 0.3) is 0 Å². The summed E-state index contributed by atoms with van der Waals surface area (Å²) < 4.78 is 4.92. The fourth-order valence-electron chi connectivity index (χ4n) is 1.47. The number of benzene rings is 1. The maximum absolute atomic E-state index is 10.8. The largest absolute Gasteiger partial charge is 0.458 e. The van der Waals surface area contributed by atoms with Crippen LogP contribution >= 0.6 is 0 Å². The maximum Gasteiger partial charge on any atom is 0.303 e. The van der Waals surface area contributed by atoms with Crippen molar-refractivity contribution >= 4 is 11.7 Å². The van der Waals surface area contributed by atoms with Crippen molar-refractivity contribution in [3.8, 4) is 0 Å². The number of esters is 1. The molecule has 1 unspecified atom stereocenters. The van der Waals surface area contributed by atoms with E-state index in [0.717, 1.165) is 5.56 Å². The van der Waals surface area contributed by atoms with Gasteiger partial charge in [0.2, 0.25) is 0 Å². The second kappa shape index (κ2) is 4.74. The number of aryl methyl sites for hydroxylation is 1. The Hall–Kier alpha value is -1.91. The number of hydrogen-bond donors (Lipinski definition) is 0. The van der Waals surface area contributed by atoms with Crippen LogP contribution in [0.15, 0.2) is 18.2 Å². The van der Waals surface area contributed by atoms with Crippen LogP contribution in [0.5, 0.6) is 0 Å². The Balaban J connectivity index is 3.12. The molecule has 16 heavy (non-hydrogen) atoms. The number of rotatable bonds is 3. The van der Waals surface area contributed by atoms with Gasteiger partial charge in [-0.3, -0.25) is 14.9 Å². The van der Waals surface area contributed by atoms with E-state index in [1.807, 2.05) is 0 Å². The van der Waals surface area contributed by atoms with Crippen LogP contribution in [0.4, 0.5) is 5.69 Å². The number of nitrogens with zero attached hydrogens (tertiary/aromatic N) is 1. The van der Waals surface area contributed by atoms with Gasteiger partial charge in [0.25, 0.3) is 5.69 Å². The van der Waals surface area contributed by atoms with Crippen LogP contribution in [0.2, 0.25) is 0 Å². The number of nitro groups is 1. The fourth-order valence-corrected chi connectivity index (χ4v) is 1.47. The molecule has 5 heteroatoms. The van der Waals surface area contributed by atoms with Gasteiger partial charge < -0.3 is 4.74 Å². The summed E-state index contributed by atoms with van der Waals surface area (Å²) in [7, 11) is 0. The van der Waals surface area contributed by atoms with E-state index in [2.05, 4.69) is 0 Å². The van der Waals surface area contributed by atoms with Crippen molar-refractivity contribution in [2.45, 2.75) is 26.9 Å². The van der Waals surface area contributed by atoms with Gasteiger partial charge in [0, 0.05) is 13.0 Å². The quantitative estimate of drug-likeness (QED) is 0.448. The van der Waals surface area contributed by atoms with Crippen molar-refractivity contribution in [3.05, 3.63) is 39.4 Å². The van der Waals surface area contributed by atoms with Crippen molar-refractivity contribution in [2.75, 3.05) is 0 Å². The topological polar surface area (TPSA) is 69.4 Å². The van der Waals surface area contributed by atoms with Crippen LogP contribution < -0.4 is 0 Å². The van der Waals surface area contributed by atoms with E-state index < -0.39 is 17.0 Å². The average molecular weight is 223 g/mol. The molecule has 0 amide bonds. The van der Waals surface area contributed by atoms with Crippen LogP contribution in [-0.2, 0) is 9.53 Å². The maximum atomic E-state index is 10.8. The monoisotopic (exact) mass is 223 g/mol. The molecular weight excluding hydrogens is 210 g/mol. The fraction of sp³-hybridized carbons (Fsp3) is 0.364. The molecule has 1 aromatic rings. The highest BCUT2D eigenvalue weighted by Crippen LogP contribution is 2.28. The summed E-state index contributed by atoms with van der Waals surface area (Å²) in [6.07, 6.45) is -0.613. The molecule has 0 heterocycles. The smallest absolute Gasteiger partial charge is 0.303 e. The molecule has 0 saturated carbocycles. The number of carbonyl (C=O) groups is 1. The number of carbonyl (C=O) groups excluding carboxylic acids is 1. The highest BCUT2D eigenvalue weighted by molar-refractivity contribution is 5.66. The third-order valence-corrected chi connectivity index (χ3v) is 2.16. The lowest BCUT2D eigenvalue weighted by Gasteiger charge is -2.12. The number of ether oxygens (including phenoxy) is 1. The molecular formula is C11H13NO4. The van der Waals surface area contributed by atoms with Crippen molar-refractivity contribution in [2.24, 2.45) is 0 Å². The third kappa shape index (κ3) is 2.79. The lowest BCUT2D eigenvalue weighted by atomic mass is 10.1. The van der Waals surface area contributed by atoms with Crippen molar-refractivity contribution in [3.63, 3.8) is 0 Å². The van der Waals surface area contributed by atoms with E-state index in [1.165, 1.54) is 13.0 Å². The van der Waals surface area contributed by atoms with Crippen LogP contribution in [0, 0.1) is 17.0 Å². The summed E-state index contributed by atoms with van der Waals surface area (Å²) >= 11 is 0. The summed E-state index contributed by atoms with van der Waals surface area (Å²) in [4.78, 5) is 21.1. The second-order valence-corrected chi connectivity index (χ2v) is 3.57. The summed E-state index contributed by atoms with van der Waals surface area (Å²) in [6.45, 7) is 4.66. The van der Waals surface area contributed by atoms with E-state index in [4.69, 9.17) is 4.74 Å². The molecule has 1 atom stereocenters. The van der Waals surface area contributed by atoms with E-state index in [-0.39, 0.29) is 5.69 Å². The van der Waals surface area contributed by atoms with Crippen molar-refractivity contribution in [1.82, 2.24) is 0 Å². The van der Waals surface area contributed by atoms with Crippen molar-refractivity contribution in [1.29, 1.82) is 0 Å². The minimum atomic E-state index is -0.613. The Morgan fingerprint density at radius 2 is 2.12 bits per heavy atom. The van der Waals surface area contributed by atoms with Gasteiger partial charge in [-0.15, -0.1) is 0 Å². The molecule has 0 aliphatic heterocycles. The molecule has 1 rings (SSSR count). The minimum Gasteiger partial charge on any atom is -0.458 e. The Labute approximate surface area is 93.2 Å². The standard InChI is InChI=1S/C11H13NO4/c1-7-4-5-10(8(2)16-9(3)13)11(6-7)12(14)15/h4-6,8H,1-3H3. The first-order chi connectivity index (χ1) is 7.41. The normalized spacial score (nSPS) is 11.9. The molecule has 0 bridgehead atoms. The summed E-state index contributed by atoms with van der Waals surface area (Å²) in [6, 6.07) is 4.83. The molecule has 0 radical (unpaired) electrons. The summed E-state index contributed by atoms with van der Waals surface area (Å²) in [5.74, 6) is -0.456. The third-order valence-electron chi connectivity index (χ3n) is 2.16. The molecule has 1 aromatic carbocycles. The first kappa shape index (κ1) is 12.2. The number of hydrogen-bond acceptors (Lipinski definition) is 4. The van der Waals surface area contributed by atoms with Crippen LogP contribution in [-0.4, -0.2) is 10.9 Å². The first-order valence-electron chi connectivity index (χ1n) is 4.84. The Bertz CT molecular complexity index is 428. The van der Waals surface area contributed by atoms with Crippen molar-refractivity contribution < 1.29 is 14.5 Å². The Morgan fingerprint density at radius 3 is 2.62 bits per heavy atom. The second-order valence-electron chi connectivity index (χ2n) is 3.57. The van der Waals surface area contributed by atoms with Gasteiger partial charge in [0.05, 0.1) is 10.5 Å². The van der Waals surface area contributed by atoms with E-state index >= 15 is 0 Å². The van der Waals surface area contributed by atoms with Gasteiger partial charge in [0.1, 0.15) is 6.10 Å². The summed E-state index contributed by atoms with van der Waals surface area (Å²) in [5.41, 5.74) is 1.19. The molecule has 0 aromatic heterocycles. The van der Waals surface area contributed by atoms with E-state index in [1.54, 1.807) is 26.0 Å². The predicted molar refractivity (Wildman–Crippen MR) is 58.0 cm³/mol. The highest BCUT2D eigenvalue weighted by Gasteiger charge is 2.20. The zero-order valence-corrected chi connectivity index (χ0v) is 9.39. The van der Waals surface area contributed by atoms with E-state index in [0.29, 0.717) is 5.56 Å². The number of nitro benzene ring substituents is 1. The summed E-state index contributed by atoms with van der Waals surface area (Å²) in [5, 5.41) is 10.8. The molecule has 0 saturated heterocycles. The SMILES string of the molecule is CC(=O)OC(C)c1ccc(C)cc1[N+](=O)[O-]. The molecule has 5 nitrogen and oxygen atoms in total. The molecule has 0 N–H and O–H groups in total. The van der Waals surface area contributed by atoms with Gasteiger partial charge >= 0.3 is 5.97 Å². The zero-order chi connectivity index (χ0) is 12.3. The molecule has 86 valence electrons. The highest BCUT2D eigenvalue weighted by atomic mass is 16.6. The van der Waals surface area contributed by atoms with Gasteiger partial charge in [-0.1, -0.05) is 6.07 Å². The average Bonchev–Trinajstić information content (AvgIpc) is 2.16. The van der Waals surface area contributed by atoms with Gasteiger partial charge in [-0.2, -0.15) is 0 Å².